The standard InChI is InChI=1S/C13H15NO3S3/c1-5-9(2)17-11-7-6-10(14-13(18)19-3)8-12(11)20(4,15)16/h1,6-9H,2-4H3,(H,14,18). The third-order valence-corrected chi connectivity index (χ3v) is 4.51. The molecular formula is C13H15NO3S3. The van der Waals surface area contributed by atoms with Crippen molar-refractivity contribution in [3.63, 3.8) is 0 Å². The molecule has 0 aliphatic carbocycles. The number of anilines is 1. The molecule has 1 atom stereocenters. The third kappa shape index (κ3) is 4.71. The Balaban J connectivity index is 3.21. The summed E-state index contributed by atoms with van der Waals surface area (Å²) in [5, 5.41) is 2.93. The molecule has 0 saturated heterocycles. The van der Waals surface area contributed by atoms with Crippen LogP contribution in [0.5, 0.6) is 5.75 Å². The Kier molecular flexibility index (Phi) is 5.87. The van der Waals surface area contributed by atoms with Crippen LogP contribution < -0.4 is 10.1 Å². The lowest BCUT2D eigenvalue weighted by atomic mass is 10.3. The van der Waals surface area contributed by atoms with E-state index in [1.54, 1.807) is 19.1 Å². The molecule has 4 nitrogen and oxygen atoms in total. The second-order valence-corrected chi connectivity index (χ2v) is 7.44. The molecule has 1 rings (SSSR count). The molecule has 108 valence electrons. The van der Waals surface area contributed by atoms with Crippen LogP contribution in [-0.2, 0) is 9.84 Å². The minimum Gasteiger partial charge on any atom is -0.477 e. The summed E-state index contributed by atoms with van der Waals surface area (Å²) in [4.78, 5) is 0.0773. The van der Waals surface area contributed by atoms with Gasteiger partial charge in [-0.25, -0.2) is 8.42 Å². The smallest absolute Gasteiger partial charge is 0.179 e. The highest BCUT2D eigenvalue weighted by Crippen LogP contribution is 2.28. The fraction of sp³-hybridized carbons (Fsp3) is 0.308. The zero-order valence-corrected chi connectivity index (χ0v) is 13.8. The van der Waals surface area contributed by atoms with E-state index < -0.39 is 15.9 Å². The van der Waals surface area contributed by atoms with E-state index in [1.165, 1.54) is 17.8 Å². The summed E-state index contributed by atoms with van der Waals surface area (Å²) < 4.78 is 29.6. The van der Waals surface area contributed by atoms with E-state index in [9.17, 15) is 8.42 Å². The molecule has 0 amide bonds. The number of thiocarbonyl (C=S) groups is 1. The number of ether oxygens (including phenoxy) is 1. The van der Waals surface area contributed by atoms with Crippen LogP contribution in [0.1, 0.15) is 6.92 Å². The second-order valence-electron chi connectivity index (χ2n) is 3.98. The van der Waals surface area contributed by atoms with Crippen molar-refractivity contribution in [1.29, 1.82) is 0 Å². The predicted molar refractivity (Wildman–Crippen MR) is 88.2 cm³/mol. The van der Waals surface area contributed by atoms with Gasteiger partial charge < -0.3 is 10.1 Å². The van der Waals surface area contributed by atoms with Crippen LogP contribution in [0.3, 0.4) is 0 Å². The Bertz CT molecular complexity index is 647. The Morgan fingerprint density at radius 3 is 2.70 bits per heavy atom. The van der Waals surface area contributed by atoms with Gasteiger partial charge in [0.1, 0.15) is 15.0 Å². The predicted octanol–water partition coefficient (Wildman–Crippen LogP) is 2.55. The minimum atomic E-state index is -3.44. The topological polar surface area (TPSA) is 55.4 Å². The quantitative estimate of drug-likeness (QED) is 0.677. The number of nitrogens with one attached hydrogen (secondary N) is 1. The van der Waals surface area contributed by atoms with Crippen molar-refractivity contribution in [1.82, 2.24) is 0 Å². The Hall–Kier alpha value is -1.23. The first kappa shape index (κ1) is 16.8. The SMILES string of the molecule is C#CC(C)Oc1ccc(NC(=S)SC)cc1S(C)(=O)=O. The highest BCUT2D eigenvalue weighted by Gasteiger charge is 2.17. The van der Waals surface area contributed by atoms with Crippen molar-refractivity contribution in [2.24, 2.45) is 0 Å². The van der Waals surface area contributed by atoms with Gasteiger partial charge in [-0.15, -0.1) is 18.2 Å². The molecule has 0 heterocycles. The molecule has 1 unspecified atom stereocenters. The normalized spacial score (nSPS) is 12.3. The van der Waals surface area contributed by atoms with Gasteiger partial charge in [0.25, 0.3) is 0 Å². The number of sulfone groups is 1. The summed E-state index contributed by atoms with van der Waals surface area (Å²) in [6, 6.07) is 4.74. The first-order valence-corrected chi connectivity index (χ1v) is 9.12. The maximum atomic E-state index is 11.8. The van der Waals surface area contributed by atoms with E-state index in [4.69, 9.17) is 23.4 Å². The molecule has 0 fully saturated rings. The van der Waals surface area contributed by atoms with Crippen LogP contribution in [-0.4, -0.2) is 31.4 Å². The molecule has 0 aromatic heterocycles. The van der Waals surface area contributed by atoms with Crippen molar-refractivity contribution in [2.75, 3.05) is 17.8 Å². The van der Waals surface area contributed by atoms with Gasteiger partial charge in [0.05, 0.1) is 0 Å². The molecule has 1 N–H and O–H groups in total. The van der Waals surface area contributed by atoms with Gasteiger partial charge in [-0.05, 0) is 31.4 Å². The van der Waals surface area contributed by atoms with Crippen molar-refractivity contribution in [2.45, 2.75) is 17.9 Å². The summed E-state index contributed by atoms with van der Waals surface area (Å²) in [6.07, 6.45) is 7.67. The van der Waals surface area contributed by atoms with Crippen LogP contribution >= 0.6 is 24.0 Å². The van der Waals surface area contributed by atoms with Crippen LogP contribution in [0.2, 0.25) is 0 Å². The van der Waals surface area contributed by atoms with E-state index >= 15 is 0 Å². The lowest BCUT2D eigenvalue weighted by molar-refractivity contribution is 0.272. The summed E-state index contributed by atoms with van der Waals surface area (Å²) in [6.45, 7) is 1.67. The van der Waals surface area contributed by atoms with Gasteiger partial charge in [0, 0.05) is 11.9 Å². The van der Waals surface area contributed by atoms with Crippen molar-refractivity contribution >= 4 is 43.8 Å². The maximum Gasteiger partial charge on any atom is 0.179 e. The summed E-state index contributed by atoms with van der Waals surface area (Å²) in [5.74, 6) is 2.63. The van der Waals surface area contributed by atoms with Crippen molar-refractivity contribution < 1.29 is 13.2 Å². The Labute approximate surface area is 129 Å². The van der Waals surface area contributed by atoms with Gasteiger partial charge in [0.2, 0.25) is 0 Å². The molecule has 1 aromatic rings. The largest absolute Gasteiger partial charge is 0.477 e. The molecule has 0 bridgehead atoms. The van der Waals surface area contributed by atoms with Crippen LogP contribution in [0.15, 0.2) is 23.1 Å². The highest BCUT2D eigenvalue weighted by molar-refractivity contribution is 8.22. The molecule has 0 aliphatic rings. The molecule has 7 heteroatoms. The van der Waals surface area contributed by atoms with E-state index in [0.717, 1.165) is 6.26 Å². The van der Waals surface area contributed by atoms with Crippen LogP contribution in [0.4, 0.5) is 5.69 Å². The average molecular weight is 329 g/mol. The molecule has 20 heavy (non-hydrogen) atoms. The minimum absolute atomic E-state index is 0.0773. The van der Waals surface area contributed by atoms with Gasteiger partial charge in [-0.3, -0.25) is 0 Å². The number of benzene rings is 1. The number of thioether (sulfide) groups is 1. The summed E-state index contributed by atoms with van der Waals surface area (Å²) in [7, 11) is -3.44. The average Bonchev–Trinajstić information content (AvgIpc) is 2.38. The van der Waals surface area contributed by atoms with Gasteiger partial charge in [0.15, 0.2) is 15.9 Å². The van der Waals surface area contributed by atoms with Gasteiger partial charge in [-0.1, -0.05) is 18.1 Å². The molecule has 0 saturated carbocycles. The fourth-order valence-corrected chi connectivity index (χ4v) is 2.53. The van der Waals surface area contributed by atoms with Gasteiger partial charge in [-0.2, -0.15) is 0 Å². The fourth-order valence-electron chi connectivity index (χ4n) is 1.37. The number of terminal acetylenes is 1. The Morgan fingerprint density at radius 2 is 2.20 bits per heavy atom. The van der Waals surface area contributed by atoms with Crippen LogP contribution in [0.25, 0.3) is 0 Å². The number of hydrogen-bond acceptors (Lipinski definition) is 5. The van der Waals surface area contributed by atoms with Crippen LogP contribution in [0, 0.1) is 12.3 Å². The highest BCUT2D eigenvalue weighted by atomic mass is 32.2. The molecule has 0 aliphatic heterocycles. The molecule has 0 spiro atoms. The van der Waals surface area contributed by atoms with Crippen molar-refractivity contribution in [3.8, 4) is 18.1 Å². The number of rotatable bonds is 4. The van der Waals surface area contributed by atoms with E-state index in [2.05, 4.69) is 11.2 Å². The van der Waals surface area contributed by atoms with Gasteiger partial charge >= 0.3 is 0 Å². The summed E-state index contributed by atoms with van der Waals surface area (Å²) in [5.41, 5.74) is 0.588. The molecular weight excluding hydrogens is 314 g/mol. The first-order chi connectivity index (χ1) is 9.27. The lowest BCUT2D eigenvalue weighted by Gasteiger charge is -2.14. The molecule has 1 aromatic carbocycles. The Morgan fingerprint density at radius 1 is 1.55 bits per heavy atom. The third-order valence-electron chi connectivity index (χ3n) is 2.31. The zero-order chi connectivity index (χ0) is 15.3. The maximum absolute atomic E-state index is 11.8. The molecule has 0 radical (unpaired) electrons. The first-order valence-electron chi connectivity index (χ1n) is 5.59. The zero-order valence-electron chi connectivity index (χ0n) is 11.3. The van der Waals surface area contributed by atoms with E-state index in [-0.39, 0.29) is 10.6 Å². The van der Waals surface area contributed by atoms with E-state index in [0.29, 0.717) is 10.0 Å². The lowest BCUT2D eigenvalue weighted by Crippen LogP contribution is -2.12. The summed E-state index contributed by atoms with van der Waals surface area (Å²) >= 11 is 6.40. The number of hydrogen-bond donors (Lipinski definition) is 1. The second kappa shape index (κ2) is 6.97. The van der Waals surface area contributed by atoms with Crippen molar-refractivity contribution in [3.05, 3.63) is 18.2 Å². The van der Waals surface area contributed by atoms with E-state index in [1.807, 2.05) is 6.26 Å². The monoisotopic (exact) mass is 329 g/mol.